The molecule has 14 heteroatoms. The lowest BCUT2D eigenvalue weighted by Crippen LogP contribution is -2.58. The molecule has 2 amide bonds. The van der Waals surface area contributed by atoms with E-state index >= 15 is 0 Å². The number of nitrogens with two attached hydrogens (primary N) is 2. The van der Waals surface area contributed by atoms with Crippen molar-refractivity contribution in [3.8, 4) is 0 Å². The molecule has 0 unspecified atom stereocenters. The van der Waals surface area contributed by atoms with E-state index in [1.54, 1.807) is 6.07 Å². The predicted octanol–water partition coefficient (Wildman–Crippen LogP) is 2.22. The highest BCUT2D eigenvalue weighted by molar-refractivity contribution is 6.41. The number of carbonyl (C=O) groups excluding carboxylic acids is 2. The number of halogens is 3. The van der Waals surface area contributed by atoms with Crippen molar-refractivity contribution in [2.75, 3.05) is 43.4 Å². The van der Waals surface area contributed by atoms with Gasteiger partial charge in [0.05, 0.1) is 10.6 Å². The van der Waals surface area contributed by atoms with Crippen LogP contribution in [0.5, 0.6) is 0 Å². The summed E-state index contributed by atoms with van der Waals surface area (Å²) in [5.74, 6) is 4.87. The van der Waals surface area contributed by atoms with E-state index in [4.69, 9.17) is 46.4 Å². The molecule has 4 heterocycles. The first-order chi connectivity index (χ1) is 17.2. The Hall–Kier alpha value is -2.44. The van der Waals surface area contributed by atoms with Gasteiger partial charge in [0.15, 0.2) is 22.5 Å². The zero-order valence-corrected chi connectivity index (χ0v) is 22.0. The number of pyridine rings is 1. The number of piperidine rings is 1. The molecular weight excluding hydrogens is 529 g/mol. The van der Waals surface area contributed by atoms with Crippen LogP contribution in [-0.4, -0.2) is 81.4 Å². The van der Waals surface area contributed by atoms with Gasteiger partial charge in [-0.1, -0.05) is 41.7 Å². The Labute approximate surface area is 224 Å². The summed E-state index contributed by atoms with van der Waals surface area (Å²) in [5.41, 5.74) is 8.27. The quantitative estimate of drug-likeness (QED) is 0.218. The summed E-state index contributed by atoms with van der Waals surface area (Å²) in [6, 6.07) is 2.18. The van der Waals surface area contributed by atoms with Gasteiger partial charge in [0.2, 0.25) is 0 Å². The van der Waals surface area contributed by atoms with Crippen LogP contribution in [0.4, 0.5) is 11.6 Å². The number of nitrogens with one attached hydrogen (secondary N) is 1. The van der Waals surface area contributed by atoms with Crippen LogP contribution in [0.3, 0.4) is 0 Å². The van der Waals surface area contributed by atoms with E-state index in [-0.39, 0.29) is 38.8 Å². The number of hydrogen-bond acceptors (Lipinski definition) is 9. The molecule has 0 aliphatic carbocycles. The average molecular weight is 557 g/mol. The third kappa shape index (κ3) is 5.45. The van der Waals surface area contributed by atoms with Gasteiger partial charge in [-0.2, -0.15) is 0 Å². The first kappa shape index (κ1) is 26.6. The fraction of sp³-hybridized carbons (Fsp3) is 0.500. The second-order valence-electron chi connectivity index (χ2n) is 8.81. The Morgan fingerprint density at radius 2 is 1.83 bits per heavy atom. The van der Waals surface area contributed by atoms with Crippen LogP contribution in [0.2, 0.25) is 15.3 Å². The van der Waals surface area contributed by atoms with Crippen molar-refractivity contribution >= 4 is 58.3 Å². The molecule has 0 aromatic carbocycles. The predicted molar refractivity (Wildman–Crippen MR) is 139 cm³/mol. The maximum atomic E-state index is 12.9. The van der Waals surface area contributed by atoms with Crippen LogP contribution >= 0.6 is 34.8 Å². The number of piperazine rings is 1. The largest absolute Gasteiger partial charge is 0.382 e. The molecule has 11 nitrogen and oxygen atoms in total. The molecule has 0 saturated carbocycles. The van der Waals surface area contributed by atoms with Gasteiger partial charge in [0, 0.05) is 51.0 Å². The molecule has 36 heavy (non-hydrogen) atoms. The molecular formula is C22H28Cl3N9O2. The van der Waals surface area contributed by atoms with Gasteiger partial charge in [-0.15, -0.1) is 0 Å². The Morgan fingerprint density at radius 3 is 2.47 bits per heavy atom. The highest BCUT2D eigenvalue weighted by Crippen LogP contribution is 2.30. The fourth-order valence-electron chi connectivity index (χ4n) is 4.88. The number of rotatable bonds is 5. The van der Waals surface area contributed by atoms with E-state index in [2.05, 4.69) is 31.7 Å². The normalized spacial score (nSPS) is 19.4. The summed E-state index contributed by atoms with van der Waals surface area (Å²) in [7, 11) is 0. The van der Waals surface area contributed by atoms with Gasteiger partial charge in [0.25, 0.3) is 11.8 Å². The molecule has 5 N–H and O–H groups in total. The minimum absolute atomic E-state index is 0.0259. The van der Waals surface area contributed by atoms with Crippen LogP contribution in [0, 0.1) is 0 Å². The first-order valence-corrected chi connectivity index (χ1v) is 12.8. The summed E-state index contributed by atoms with van der Waals surface area (Å²) in [5, 5.41) is 0.559. The minimum Gasteiger partial charge on any atom is -0.382 e. The van der Waals surface area contributed by atoms with Crippen LogP contribution in [0.1, 0.15) is 47.0 Å². The third-order valence-corrected chi connectivity index (χ3v) is 7.71. The van der Waals surface area contributed by atoms with Gasteiger partial charge in [-0.3, -0.25) is 19.9 Å². The molecule has 4 rings (SSSR count). The molecule has 2 fully saturated rings. The number of carbonyl (C=O) groups is 2. The number of likely N-dealkylation sites (tertiary alicyclic amines) is 1. The number of hydrazine groups is 1. The Morgan fingerprint density at radius 1 is 1.11 bits per heavy atom. The Kier molecular flexibility index (Phi) is 8.36. The minimum atomic E-state index is -0.648. The standard InChI is InChI=1S/C22H28Cl3N9O2/c1-2-13-11-33(20-18(25)29-16(19(26)30-20)21(35)31-27)7-8-34(13)14-3-5-32(6-4-14)22(36)12-9-15(23)17(24)28-10-12/h9-10,13-14H,2-8,11,27H2,1H3,(H2,26,30)(H,31,35)/t13-/m0/s1. The summed E-state index contributed by atoms with van der Waals surface area (Å²) in [6.45, 7) is 5.63. The zero-order valence-electron chi connectivity index (χ0n) is 19.8. The second kappa shape index (κ2) is 11.3. The van der Waals surface area contributed by atoms with E-state index in [0.717, 1.165) is 25.8 Å². The summed E-state index contributed by atoms with van der Waals surface area (Å²) in [6.07, 6.45) is 4.13. The Bertz CT molecular complexity index is 1140. The number of aromatic nitrogens is 3. The highest BCUT2D eigenvalue weighted by atomic mass is 35.5. The smallest absolute Gasteiger partial charge is 0.287 e. The number of nitrogens with zero attached hydrogens (tertiary/aromatic N) is 6. The lowest BCUT2D eigenvalue weighted by molar-refractivity contribution is 0.0490. The average Bonchev–Trinajstić information content (AvgIpc) is 2.90. The van der Waals surface area contributed by atoms with Crippen molar-refractivity contribution in [1.82, 2.24) is 30.2 Å². The molecule has 2 aromatic rings. The van der Waals surface area contributed by atoms with Crippen molar-refractivity contribution in [2.24, 2.45) is 5.84 Å². The van der Waals surface area contributed by atoms with E-state index in [9.17, 15) is 9.59 Å². The summed E-state index contributed by atoms with van der Waals surface area (Å²) >= 11 is 18.3. The molecule has 1 atom stereocenters. The number of hydrogen-bond donors (Lipinski definition) is 3. The van der Waals surface area contributed by atoms with Crippen molar-refractivity contribution < 1.29 is 9.59 Å². The molecule has 2 saturated heterocycles. The lowest BCUT2D eigenvalue weighted by atomic mass is 9.98. The van der Waals surface area contributed by atoms with E-state index in [0.29, 0.717) is 43.6 Å². The summed E-state index contributed by atoms with van der Waals surface area (Å²) in [4.78, 5) is 43.6. The van der Waals surface area contributed by atoms with Gasteiger partial charge < -0.3 is 15.5 Å². The van der Waals surface area contributed by atoms with Gasteiger partial charge in [0.1, 0.15) is 5.15 Å². The number of amides is 2. The summed E-state index contributed by atoms with van der Waals surface area (Å²) < 4.78 is 0. The number of anilines is 2. The van der Waals surface area contributed by atoms with Crippen molar-refractivity contribution in [1.29, 1.82) is 0 Å². The molecule has 2 aliphatic rings. The van der Waals surface area contributed by atoms with E-state index in [1.165, 1.54) is 6.20 Å². The maximum absolute atomic E-state index is 12.9. The van der Waals surface area contributed by atoms with Crippen LogP contribution in [0.25, 0.3) is 0 Å². The van der Waals surface area contributed by atoms with Crippen LogP contribution in [-0.2, 0) is 0 Å². The van der Waals surface area contributed by atoms with Gasteiger partial charge >= 0.3 is 0 Å². The molecule has 2 aromatic heterocycles. The maximum Gasteiger partial charge on any atom is 0.287 e. The lowest BCUT2D eigenvalue weighted by Gasteiger charge is -2.47. The van der Waals surface area contributed by atoms with Crippen LogP contribution in [0.15, 0.2) is 12.3 Å². The third-order valence-electron chi connectivity index (χ3n) is 6.77. The molecule has 2 aliphatic heterocycles. The topological polar surface area (TPSA) is 147 Å². The zero-order chi connectivity index (χ0) is 26.0. The van der Waals surface area contributed by atoms with Crippen molar-refractivity contribution in [3.63, 3.8) is 0 Å². The molecule has 0 radical (unpaired) electrons. The number of nitrogen functional groups attached to an aromatic ring is 2. The fourth-order valence-corrected chi connectivity index (χ4v) is 5.40. The first-order valence-electron chi connectivity index (χ1n) is 11.7. The molecule has 194 valence electrons. The van der Waals surface area contributed by atoms with Gasteiger partial charge in [-0.05, 0) is 25.3 Å². The van der Waals surface area contributed by atoms with Crippen molar-refractivity contribution in [3.05, 3.63) is 38.8 Å². The molecule has 0 spiro atoms. The van der Waals surface area contributed by atoms with E-state index in [1.807, 2.05) is 10.3 Å². The molecule has 0 bridgehead atoms. The monoisotopic (exact) mass is 555 g/mol. The Balaban J connectivity index is 1.39. The van der Waals surface area contributed by atoms with Gasteiger partial charge in [-0.25, -0.2) is 20.8 Å². The van der Waals surface area contributed by atoms with Crippen molar-refractivity contribution in [2.45, 2.75) is 38.3 Å². The van der Waals surface area contributed by atoms with Crippen LogP contribution < -0.4 is 21.9 Å². The second-order valence-corrected chi connectivity index (χ2v) is 9.93. The SMILES string of the molecule is CC[C@H]1CN(c2nc(N)c(C(=O)NN)nc2Cl)CCN1C1CCN(C(=O)c2cnc(Cl)c(Cl)c2)CC1. The van der Waals surface area contributed by atoms with E-state index < -0.39 is 5.91 Å². The highest BCUT2D eigenvalue weighted by Gasteiger charge is 2.35.